The second-order valence-electron chi connectivity index (χ2n) is 8.89. The number of anilines is 1. The molecule has 0 aliphatic carbocycles. The van der Waals surface area contributed by atoms with Crippen LogP contribution in [0.4, 0.5) is 5.69 Å². The first kappa shape index (κ1) is 19.2. The molecule has 2 amide bonds. The van der Waals surface area contributed by atoms with Crippen LogP contribution in [-0.4, -0.2) is 36.1 Å². The fourth-order valence-electron chi connectivity index (χ4n) is 4.87. The van der Waals surface area contributed by atoms with Crippen LogP contribution in [0.3, 0.4) is 0 Å². The first-order valence-electron chi connectivity index (χ1n) is 10.5. The Balaban J connectivity index is 1.47. The molecule has 0 saturated carbocycles. The lowest BCUT2D eigenvalue weighted by atomic mass is 9.76. The van der Waals surface area contributed by atoms with E-state index in [1.165, 1.54) is 0 Å². The van der Waals surface area contributed by atoms with Crippen molar-refractivity contribution in [3.8, 4) is 0 Å². The van der Waals surface area contributed by atoms with Crippen LogP contribution in [-0.2, 0) is 14.3 Å². The zero-order valence-corrected chi connectivity index (χ0v) is 16.9. The highest BCUT2D eigenvalue weighted by Crippen LogP contribution is 2.52. The van der Waals surface area contributed by atoms with Gasteiger partial charge in [0.05, 0.1) is 24.5 Å². The largest absolute Gasteiger partial charge is 0.360 e. The van der Waals surface area contributed by atoms with Gasteiger partial charge in [0.25, 0.3) is 0 Å². The molecule has 3 aliphatic rings. The summed E-state index contributed by atoms with van der Waals surface area (Å²) in [4.78, 5) is 28.1. The summed E-state index contributed by atoms with van der Waals surface area (Å²) in [5.41, 5.74) is 0.193. The first-order chi connectivity index (χ1) is 13.4. The number of carbonyl (C=O) groups is 2. The van der Waals surface area contributed by atoms with Gasteiger partial charge in [0.15, 0.2) is 0 Å². The van der Waals surface area contributed by atoms with Crippen LogP contribution in [0.15, 0.2) is 42.5 Å². The zero-order chi connectivity index (χ0) is 19.9. The topological polar surface area (TPSA) is 58.6 Å². The number of para-hydroxylation sites is 1. The van der Waals surface area contributed by atoms with E-state index in [4.69, 9.17) is 4.74 Å². The van der Waals surface area contributed by atoms with Crippen LogP contribution >= 0.6 is 0 Å². The lowest BCUT2D eigenvalue weighted by molar-refractivity contribution is -0.132. The van der Waals surface area contributed by atoms with Gasteiger partial charge in [-0.05, 0) is 31.4 Å². The molecule has 1 aromatic carbocycles. The maximum atomic E-state index is 13.3. The minimum absolute atomic E-state index is 0.00865. The van der Waals surface area contributed by atoms with Crippen molar-refractivity contribution >= 4 is 17.5 Å². The molecule has 1 spiro atoms. The fraction of sp³-hybridized carbons (Fsp3) is 0.565. The van der Waals surface area contributed by atoms with E-state index in [1.807, 2.05) is 49.4 Å². The number of hydrogen-bond donors (Lipinski definition) is 1. The molecule has 3 heterocycles. The van der Waals surface area contributed by atoms with Crippen LogP contribution in [0.5, 0.6) is 0 Å². The molecule has 4 rings (SSSR count). The van der Waals surface area contributed by atoms with Gasteiger partial charge < -0.3 is 15.0 Å². The van der Waals surface area contributed by atoms with E-state index in [1.54, 1.807) is 4.90 Å². The normalized spacial score (nSPS) is 31.5. The summed E-state index contributed by atoms with van der Waals surface area (Å²) in [6.45, 7) is 6.95. The number of rotatable bonds is 7. The summed E-state index contributed by atoms with van der Waals surface area (Å²) in [6, 6.07) is 9.74. The molecule has 1 aromatic rings. The third kappa shape index (κ3) is 3.26. The lowest BCUT2D eigenvalue weighted by Gasteiger charge is -2.25. The minimum atomic E-state index is -0.666. The van der Waals surface area contributed by atoms with Gasteiger partial charge in [-0.3, -0.25) is 9.59 Å². The molecule has 0 radical (unpaired) electrons. The summed E-state index contributed by atoms with van der Waals surface area (Å²) in [5, 5.41) is 3.14. The quantitative estimate of drug-likeness (QED) is 0.736. The lowest BCUT2D eigenvalue weighted by Crippen LogP contribution is -2.46. The van der Waals surface area contributed by atoms with Gasteiger partial charge in [0, 0.05) is 11.7 Å². The number of ether oxygens (including phenoxy) is 1. The van der Waals surface area contributed by atoms with Crippen LogP contribution in [0, 0.1) is 17.8 Å². The number of nitrogens with one attached hydrogen (secondary N) is 1. The third-order valence-electron chi connectivity index (χ3n) is 6.28. The number of benzene rings is 1. The van der Waals surface area contributed by atoms with E-state index in [9.17, 15) is 9.59 Å². The van der Waals surface area contributed by atoms with Gasteiger partial charge in [0.1, 0.15) is 5.60 Å². The summed E-state index contributed by atoms with van der Waals surface area (Å²) in [5.74, 6) is -0.275. The highest BCUT2D eigenvalue weighted by Gasteiger charge is 2.67. The smallest absolute Gasteiger partial charge is 0.234 e. The highest BCUT2D eigenvalue weighted by molar-refractivity contribution is 6.03. The molecule has 5 atom stereocenters. The molecule has 0 unspecified atom stereocenters. The molecule has 5 heteroatoms. The molecule has 28 heavy (non-hydrogen) atoms. The van der Waals surface area contributed by atoms with Crippen molar-refractivity contribution in [3.05, 3.63) is 42.5 Å². The molecular formula is C23H30N2O3. The van der Waals surface area contributed by atoms with Gasteiger partial charge in [-0.2, -0.15) is 0 Å². The van der Waals surface area contributed by atoms with Crippen molar-refractivity contribution in [3.63, 3.8) is 0 Å². The first-order valence-corrected chi connectivity index (χ1v) is 10.5. The second-order valence-corrected chi connectivity index (χ2v) is 8.89. The van der Waals surface area contributed by atoms with Crippen molar-refractivity contribution in [1.82, 2.24) is 5.32 Å². The van der Waals surface area contributed by atoms with E-state index < -0.39 is 17.4 Å². The average molecular weight is 383 g/mol. The number of carbonyl (C=O) groups excluding carboxylic acids is 2. The molecule has 2 saturated heterocycles. The van der Waals surface area contributed by atoms with E-state index >= 15 is 0 Å². The van der Waals surface area contributed by atoms with Crippen LogP contribution in [0.1, 0.15) is 40.0 Å². The number of hydrogen-bond acceptors (Lipinski definition) is 3. The monoisotopic (exact) mass is 382 g/mol. The standard InChI is InChI=1S/C23H30N2O3/c1-15(2)8-7-9-16(3)24-21(26)19-18-12-13-23(28-18)14-25(22(27)20(19)23)17-10-5-4-6-11-17/h4-6,10-13,15-16,18-20H,7-9,14H2,1-3H3,(H,24,26)/t16-,18+,19+,20-,23-/m0/s1. The fourth-order valence-corrected chi connectivity index (χ4v) is 4.87. The average Bonchev–Trinajstić information content (AvgIpc) is 3.30. The Bertz CT molecular complexity index is 775. The van der Waals surface area contributed by atoms with Crippen molar-refractivity contribution in [2.45, 2.75) is 57.8 Å². The SMILES string of the molecule is CC(C)CCC[C@H](C)NC(=O)[C@H]1[C@H]2C(=O)N(c3ccccc3)C[C@@]23C=C[C@H]1O3. The molecule has 2 fully saturated rings. The second kappa shape index (κ2) is 7.36. The molecule has 3 aliphatic heterocycles. The predicted molar refractivity (Wildman–Crippen MR) is 109 cm³/mol. The van der Waals surface area contributed by atoms with Gasteiger partial charge in [-0.25, -0.2) is 0 Å². The number of fused-ring (bicyclic) bond motifs is 1. The van der Waals surface area contributed by atoms with Gasteiger partial charge in [-0.1, -0.05) is 57.0 Å². The Labute approximate surface area is 167 Å². The highest BCUT2D eigenvalue weighted by atomic mass is 16.5. The zero-order valence-electron chi connectivity index (χ0n) is 16.9. The van der Waals surface area contributed by atoms with Crippen molar-refractivity contribution < 1.29 is 14.3 Å². The summed E-state index contributed by atoms with van der Waals surface area (Å²) < 4.78 is 6.20. The molecular weight excluding hydrogens is 352 g/mol. The third-order valence-corrected chi connectivity index (χ3v) is 6.28. The predicted octanol–water partition coefficient (Wildman–Crippen LogP) is 3.30. The van der Waals surface area contributed by atoms with Crippen molar-refractivity contribution in [1.29, 1.82) is 0 Å². The summed E-state index contributed by atoms with van der Waals surface area (Å²) in [6.07, 6.45) is 6.88. The van der Waals surface area contributed by atoms with Crippen molar-refractivity contribution in [2.24, 2.45) is 17.8 Å². The van der Waals surface area contributed by atoms with Crippen LogP contribution in [0.25, 0.3) is 0 Å². The van der Waals surface area contributed by atoms with E-state index in [0.717, 1.165) is 24.9 Å². The van der Waals surface area contributed by atoms with E-state index in [2.05, 4.69) is 19.2 Å². The summed E-state index contributed by atoms with van der Waals surface area (Å²) in [7, 11) is 0. The van der Waals surface area contributed by atoms with E-state index in [0.29, 0.717) is 12.5 Å². The van der Waals surface area contributed by atoms with Crippen LogP contribution in [0.2, 0.25) is 0 Å². The van der Waals surface area contributed by atoms with Gasteiger partial charge >= 0.3 is 0 Å². The Kier molecular flexibility index (Phi) is 5.04. The van der Waals surface area contributed by atoms with Gasteiger partial charge in [-0.15, -0.1) is 0 Å². The molecule has 0 aromatic heterocycles. The number of amides is 2. The van der Waals surface area contributed by atoms with Gasteiger partial charge in [0.2, 0.25) is 11.8 Å². The number of nitrogens with zero attached hydrogens (tertiary/aromatic N) is 1. The molecule has 5 nitrogen and oxygen atoms in total. The Morgan fingerprint density at radius 2 is 2.00 bits per heavy atom. The Morgan fingerprint density at radius 3 is 2.71 bits per heavy atom. The molecule has 150 valence electrons. The van der Waals surface area contributed by atoms with Crippen LogP contribution < -0.4 is 10.2 Å². The maximum absolute atomic E-state index is 13.3. The maximum Gasteiger partial charge on any atom is 0.234 e. The Morgan fingerprint density at radius 1 is 1.25 bits per heavy atom. The minimum Gasteiger partial charge on any atom is -0.360 e. The van der Waals surface area contributed by atoms with E-state index in [-0.39, 0.29) is 24.0 Å². The molecule has 1 N–H and O–H groups in total. The Hall–Kier alpha value is -2.14. The molecule has 2 bridgehead atoms. The van der Waals surface area contributed by atoms with Crippen molar-refractivity contribution in [2.75, 3.05) is 11.4 Å². The summed E-state index contributed by atoms with van der Waals surface area (Å²) >= 11 is 0.